The number of halogens is 1. The van der Waals surface area contributed by atoms with E-state index < -0.39 is 0 Å². The molecule has 6 heteroatoms. The number of hydrogen-bond donors (Lipinski definition) is 1. The quantitative estimate of drug-likeness (QED) is 0.410. The molecule has 0 atom stereocenters. The van der Waals surface area contributed by atoms with Crippen LogP contribution in [0.5, 0.6) is 11.5 Å². The average Bonchev–Trinajstić information content (AvgIpc) is 2.47. The molecule has 0 saturated heterocycles. The smallest absolute Gasteiger partial charge is 0.262 e. The van der Waals surface area contributed by atoms with Gasteiger partial charge in [0.1, 0.15) is 11.6 Å². The van der Waals surface area contributed by atoms with Crippen molar-refractivity contribution in [2.45, 2.75) is 33.7 Å². The van der Waals surface area contributed by atoms with E-state index in [0.717, 1.165) is 9.13 Å². The Hall–Kier alpha value is -1.75. The maximum Gasteiger partial charge on any atom is 0.262 e. The van der Waals surface area contributed by atoms with E-state index in [4.69, 9.17) is 9.47 Å². The highest BCUT2D eigenvalue weighted by molar-refractivity contribution is 14.1. The van der Waals surface area contributed by atoms with Gasteiger partial charge in [-0.3, -0.25) is 4.79 Å². The van der Waals surface area contributed by atoms with E-state index in [1.54, 1.807) is 12.1 Å². The van der Waals surface area contributed by atoms with Gasteiger partial charge < -0.3 is 14.8 Å². The van der Waals surface area contributed by atoms with Crippen LogP contribution in [0.2, 0.25) is 0 Å². The first kappa shape index (κ1) is 19.3. The van der Waals surface area contributed by atoms with Crippen LogP contribution in [0, 0.1) is 14.9 Å². The van der Waals surface area contributed by atoms with E-state index in [1.165, 1.54) is 0 Å². The molecule has 1 amide bonds. The minimum absolute atomic E-state index is 0.0290. The second kappa shape index (κ2) is 9.40. The van der Waals surface area contributed by atoms with Gasteiger partial charge in [0.2, 0.25) is 0 Å². The number of ether oxygens (including phenoxy) is 2. The summed E-state index contributed by atoms with van der Waals surface area (Å²) in [6.45, 7) is 8.53. The molecular weight excluding hydrogens is 407 g/mol. The maximum atomic E-state index is 12.0. The van der Waals surface area contributed by atoms with Crippen molar-refractivity contribution in [3.63, 3.8) is 0 Å². The van der Waals surface area contributed by atoms with Gasteiger partial charge in [-0.1, -0.05) is 0 Å². The van der Waals surface area contributed by atoms with E-state index in [1.807, 2.05) is 39.8 Å². The first-order chi connectivity index (χ1) is 10.9. The van der Waals surface area contributed by atoms with Crippen LogP contribution >= 0.6 is 22.6 Å². The van der Waals surface area contributed by atoms with Crippen LogP contribution in [0.25, 0.3) is 6.08 Å². The number of hydrogen-bond acceptors (Lipinski definition) is 4. The molecule has 0 radical (unpaired) electrons. The lowest BCUT2D eigenvalue weighted by Gasteiger charge is -2.14. The van der Waals surface area contributed by atoms with Crippen molar-refractivity contribution < 1.29 is 14.3 Å². The van der Waals surface area contributed by atoms with Gasteiger partial charge in [0.15, 0.2) is 11.5 Å². The molecule has 0 aliphatic rings. The minimum Gasteiger partial charge on any atom is -0.490 e. The lowest BCUT2D eigenvalue weighted by atomic mass is 10.1. The number of amides is 1. The number of carbonyl (C=O) groups excluding carboxylic acids is 1. The van der Waals surface area contributed by atoms with Gasteiger partial charge in [0, 0.05) is 6.04 Å². The van der Waals surface area contributed by atoms with E-state index in [-0.39, 0.29) is 17.5 Å². The van der Waals surface area contributed by atoms with Crippen LogP contribution in [0.4, 0.5) is 0 Å². The molecular formula is C17H21IN2O3. The molecule has 1 rings (SSSR count). The largest absolute Gasteiger partial charge is 0.490 e. The summed E-state index contributed by atoms with van der Waals surface area (Å²) in [5, 5.41) is 11.9. The van der Waals surface area contributed by atoms with Crippen molar-refractivity contribution in [3.05, 3.63) is 26.8 Å². The molecule has 0 fully saturated rings. The van der Waals surface area contributed by atoms with Gasteiger partial charge in [-0.15, -0.1) is 0 Å². The molecule has 0 aromatic heterocycles. The minimum atomic E-state index is -0.385. The van der Waals surface area contributed by atoms with Gasteiger partial charge in [-0.2, -0.15) is 5.26 Å². The summed E-state index contributed by atoms with van der Waals surface area (Å²) in [4.78, 5) is 12.0. The number of carbonyl (C=O) groups is 1. The number of rotatable bonds is 7. The topological polar surface area (TPSA) is 71.3 Å². The van der Waals surface area contributed by atoms with Gasteiger partial charge in [0.25, 0.3) is 5.91 Å². The predicted octanol–water partition coefficient (Wildman–Crippen LogP) is 3.52. The highest BCUT2D eigenvalue weighted by Gasteiger charge is 2.14. The Morgan fingerprint density at radius 2 is 2.00 bits per heavy atom. The second-order valence-corrected chi connectivity index (χ2v) is 6.16. The Labute approximate surface area is 150 Å². The molecule has 0 bridgehead atoms. The lowest BCUT2D eigenvalue weighted by molar-refractivity contribution is -0.117. The monoisotopic (exact) mass is 428 g/mol. The fourth-order valence-electron chi connectivity index (χ4n) is 1.87. The van der Waals surface area contributed by atoms with Crippen molar-refractivity contribution in [1.29, 1.82) is 5.26 Å². The Bertz CT molecular complexity index is 633. The highest BCUT2D eigenvalue weighted by Crippen LogP contribution is 2.34. The summed E-state index contributed by atoms with van der Waals surface area (Å²) in [5.41, 5.74) is 0.776. The van der Waals surface area contributed by atoms with Crippen molar-refractivity contribution in [2.24, 2.45) is 0 Å². The van der Waals surface area contributed by atoms with Gasteiger partial charge >= 0.3 is 0 Å². The predicted molar refractivity (Wildman–Crippen MR) is 98.4 cm³/mol. The molecule has 0 unspecified atom stereocenters. The zero-order valence-corrected chi connectivity index (χ0v) is 15.9. The van der Waals surface area contributed by atoms with Crippen molar-refractivity contribution in [3.8, 4) is 17.6 Å². The van der Waals surface area contributed by atoms with Crippen LogP contribution in [0.1, 0.15) is 33.3 Å². The molecule has 5 nitrogen and oxygen atoms in total. The number of benzene rings is 1. The van der Waals surface area contributed by atoms with Crippen LogP contribution in [0.15, 0.2) is 17.7 Å². The first-order valence-corrected chi connectivity index (χ1v) is 8.52. The molecule has 0 heterocycles. The zero-order chi connectivity index (χ0) is 17.4. The normalized spacial score (nSPS) is 11.1. The maximum absolute atomic E-state index is 12.0. The first-order valence-electron chi connectivity index (χ1n) is 7.44. The van der Waals surface area contributed by atoms with Gasteiger partial charge in [0.05, 0.1) is 16.8 Å². The molecule has 0 saturated carbocycles. The molecule has 0 aliphatic heterocycles. The summed E-state index contributed by atoms with van der Waals surface area (Å²) < 4.78 is 12.1. The van der Waals surface area contributed by atoms with E-state index in [0.29, 0.717) is 24.7 Å². The van der Waals surface area contributed by atoms with Crippen LogP contribution < -0.4 is 14.8 Å². The van der Waals surface area contributed by atoms with E-state index >= 15 is 0 Å². The molecule has 0 aliphatic carbocycles. The number of nitrogens with zero attached hydrogens (tertiary/aromatic N) is 1. The van der Waals surface area contributed by atoms with Crippen molar-refractivity contribution >= 4 is 34.6 Å². The SMILES string of the molecule is CCOc1cc(/C=C(/C#N)C(=O)NC(C)C)cc(I)c1OCC. The summed E-state index contributed by atoms with van der Waals surface area (Å²) in [6.07, 6.45) is 1.55. The molecule has 1 N–H and O–H groups in total. The zero-order valence-electron chi connectivity index (χ0n) is 13.8. The second-order valence-electron chi connectivity index (χ2n) is 4.99. The summed E-state index contributed by atoms with van der Waals surface area (Å²) >= 11 is 2.15. The third kappa shape index (κ3) is 5.75. The van der Waals surface area contributed by atoms with Crippen LogP contribution in [-0.4, -0.2) is 25.2 Å². The highest BCUT2D eigenvalue weighted by atomic mass is 127. The molecule has 124 valence electrons. The molecule has 23 heavy (non-hydrogen) atoms. The summed E-state index contributed by atoms with van der Waals surface area (Å²) in [7, 11) is 0. The molecule has 1 aromatic carbocycles. The Balaban J connectivity index is 3.24. The molecule has 1 aromatic rings. The summed E-state index contributed by atoms with van der Waals surface area (Å²) in [6, 6.07) is 5.54. The number of nitrogens with one attached hydrogen (secondary N) is 1. The van der Waals surface area contributed by atoms with E-state index in [2.05, 4.69) is 27.9 Å². The van der Waals surface area contributed by atoms with Crippen molar-refractivity contribution in [2.75, 3.05) is 13.2 Å². The van der Waals surface area contributed by atoms with Crippen LogP contribution in [0.3, 0.4) is 0 Å². The third-order valence-electron chi connectivity index (χ3n) is 2.72. The summed E-state index contributed by atoms with van der Waals surface area (Å²) in [5.74, 6) is 0.899. The van der Waals surface area contributed by atoms with Crippen molar-refractivity contribution in [1.82, 2.24) is 5.32 Å². The standard InChI is InChI=1S/C17H21IN2O3/c1-5-22-15-9-12(8-14(18)16(15)23-6-2)7-13(10-19)17(21)20-11(3)4/h7-9,11H,5-6H2,1-4H3,(H,20,21)/b13-7-. The third-order valence-corrected chi connectivity index (χ3v) is 3.52. The fraction of sp³-hybridized carbons (Fsp3) is 0.412. The van der Waals surface area contributed by atoms with E-state index in [9.17, 15) is 10.1 Å². The molecule has 0 spiro atoms. The van der Waals surface area contributed by atoms with Gasteiger partial charge in [-0.25, -0.2) is 0 Å². The Morgan fingerprint density at radius 1 is 1.35 bits per heavy atom. The lowest BCUT2D eigenvalue weighted by Crippen LogP contribution is -2.30. The van der Waals surface area contributed by atoms with Crippen LogP contribution in [-0.2, 0) is 4.79 Å². The number of nitriles is 1. The average molecular weight is 428 g/mol. The Kier molecular flexibility index (Phi) is 7.89. The fourth-order valence-corrected chi connectivity index (χ4v) is 2.65. The Morgan fingerprint density at radius 3 is 2.52 bits per heavy atom. The van der Waals surface area contributed by atoms with Gasteiger partial charge in [-0.05, 0) is 74.1 Å².